The first kappa shape index (κ1) is 13.7. The van der Waals surface area contributed by atoms with Crippen LogP contribution in [-0.4, -0.2) is 11.2 Å². The summed E-state index contributed by atoms with van der Waals surface area (Å²) in [5.41, 5.74) is -1.18. The molecule has 1 heterocycles. The molecule has 1 atom stereocenters. The van der Waals surface area contributed by atoms with Crippen LogP contribution >= 0.6 is 0 Å². The summed E-state index contributed by atoms with van der Waals surface area (Å²) in [6.07, 6.45) is -8.60. The molecule has 0 saturated heterocycles. The molecule has 9 heteroatoms. The fourth-order valence-corrected chi connectivity index (χ4v) is 1.26. The van der Waals surface area contributed by atoms with Gasteiger partial charge in [-0.2, -0.15) is 26.3 Å². The fraction of sp³-hybridized carbons (Fsp3) is 0.375. The van der Waals surface area contributed by atoms with Crippen LogP contribution in [0.25, 0.3) is 0 Å². The summed E-state index contributed by atoms with van der Waals surface area (Å²) in [4.78, 5) is 3.25. The van der Waals surface area contributed by atoms with Crippen LogP contribution in [0.2, 0.25) is 0 Å². The number of nitrogens with one attached hydrogen (secondary N) is 1. The van der Waals surface area contributed by atoms with Crippen LogP contribution in [0.4, 0.5) is 26.3 Å². The topological polar surface area (TPSA) is 50.9 Å². The predicted molar refractivity (Wildman–Crippen MR) is 45.4 cm³/mol. The zero-order chi connectivity index (χ0) is 13.3. The van der Waals surface area contributed by atoms with Gasteiger partial charge in [-0.05, 0) is 6.07 Å². The number of nitrogens with two attached hydrogens (primary N) is 1. The standard InChI is InChI=1S/C8H7F6N3/c9-7(10,11)5-1-2-16-3-4(5)6(17-15)8(12,13)14/h1-3,6,17H,15H2. The number of hydrazine groups is 1. The van der Waals surface area contributed by atoms with E-state index in [-0.39, 0.29) is 0 Å². The third-order valence-electron chi connectivity index (χ3n) is 1.96. The quantitative estimate of drug-likeness (QED) is 0.486. The van der Waals surface area contributed by atoms with E-state index in [0.29, 0.717) is 12.3 Å². The number of hydrogen-bond acceptors (Lipinski definition) is 3. The molecule has 3 N–H and O–H groups in total. The maximum Gasteiger partial charge on any atom is 0.416 e. The second-order valence-corrected chi connectivity index (χ2v) is 3.10. The molecule has 1 aromatic heterocycles. The fourth-order valence-electron chi connectivity index (χ4n) is 1.26. The number of nitrogens with zero attached hydrogens (tertiary/aromatic N) is 1. The van der Waals surface area contributed by atoms with Gasteiger partial charge in [0, 0.05) is 18.0 Å². The molecule has 0 aliphatic rings. The maximum atomic E-state index is 12.5. The van der Waals surface area contributed by atoms with Crippen LogP contribution in [-0.2, 0) is 6.18 Å². The minimum atomic E-state index is -4.95. The highest BCUT2D eigenvalue weighted by Gasteiger charge is 2.45. The molecule has 0 bridgehead atoms. The smallest absolute Gasteiger partial charge is 0.271 e. The molecule has 0 amide bonds. The summed E-state index contributed by atoms with van der Waals surface area (Å²) in [6.45, 7) is 0. The van der Waals surface area contributed by atoms with Gasteiger partial charge in [-0.3, -0.25) is 10.8 Å². The summed E-state index contributed by atoms with van der Waals surface area (Å²) < 4.78 is 74.7. The number of rotatable bonds is 2. The molecule has 3 nitrogen and oxygen atoms in total. The van der Waals surface area contributed by atoms with Crippen molar-refractivity contribution in [2.24, 2.45) is 5.84 Å². The van der Waals surface area contributed by atoms with Gasteiger partial charge < -0.3 is 0 Å². The Morgan fingerprint density at radius 3 is 2.18 bits per heavy atom. The zero-order valence-electron chi connectivity index (χ0n) is 8.10. The van der Waals surface area contributed by atoms with E-state index in [0.717, 1.165) is 6.20 Å². The average Bonchev–Trinajstić information content (AvgIpc) is 2.15. The third kappa shape index (κ3) is 3.07. The lowest BCUT2D eigenvalue weighted by atomic mass is 10.0. The molecule has 0 fully saturated rings. The van der Waals surface area contributed by atoms with Crippen molar-refractivity contribution in [3.63, 3.8) is 0 Å². The van der Waals surface area contributed by atoms with Crippen LogP contribution in [0.1, 0.15) is 17.2 Å². The Hall–Kier alpha value is -1.35. The number of alkyl halides is 6. The lowest BCUT2D eigenvalue weighted by molar-refractivity contribution is -0.162. The van der Waals surface area contributed by atoms with Crippen LogP contribution in [0, 0.1) is 0 Å². The first-order valence-electron chi connectivity index (χ1n) is 4.22. The van der Waals surface area contributed by atoms with E-state index in [2.05, 4.69) is 10.8 Å². The van der Waals surface area contributed by atoms with Crippen molar-refractivity contribution < 1.29 is 26.3 Å². The molecule has 1 unspecified atom stereocenters. The molecule has 0 radical (unpaired) electrons. The van der Waals surface area contributed by atoms with Gasteiger partial charge in [0.2, 0.25) is 0 Å². The first-order valence-corrected chi connectivity index (χ1v) is 4.22. The van der Waals surface area contributed by atoms with Gasteiger partial charge in [0.1, 0.15) is 6.04 Å². The molecule has 0 saturated carbocycles. The summed E-state index contributed by atoms with van der Waals surface area (Å²) in [6, 6.07) is -2.15. The van der Waals surface area contributed by atoms with E-state index in [1.807, 2.05) is 0 Å². The van der Waals surface area contributed by atoms with Gasteiger partial charge in [-0.15, -0.1) is 0 Å². The Balaban J connectivity index is 3.30. The molecule has 0 spiro atoms. The van der Waals surface area contributed by atoms with Crippen molar-refractivity contribution in [2.45, 2.75) is 18.4 Å². The third-order valence-corrected chi connectivity index (χ3v) is 1.96. The zero-order valence-corrected chi connectivity index (χ0v) is 8.10. The summed E-state index contributed by atoms with van der Waals surface area (Å²) in [5.74, 6) is 4.64. The predicted octanol–water partition coefficient (Wildman–Crippen LogP) is 2.17. The molecular formula is C8H7F6N3. The highest BCUT2D eigenvalue weighted by molar-refractivity contribution is 5.30. The van der Waals surface area contributed by atoms with Crippen molar-refractivity contribution in [1.29, 1.82) is 0 Å². The number of hydrogen-bond donors (Lipinski definition) is 2. The van der Waals surface area contributed by atoms with Crippen molar-refractivity contribution in [3.05, 3.63) is 29.6 Å². The molecule has 0 aliphatic heterocycles. The van der Waals surface area contributed by atoms with Crippen molar-refractivity contribution in [2.75, 3.05) is 0 Å². The Bertz CT molecular complexity index is 386. The monoisotopic (exact) mass is 259 g/mol. The summed E-state index contributed by atoms with van der Waals surface area (Å²) in [5, 5.41) is 0. The Kier molecular flexibility index (Phi) is 3.62. The van der Waals surface area contributed by atoms with Crippen molar-refractivity contribution in [3.8, 4) is 0 Å². The molecular weight excluding hydrogens is 252 g/mol. The normalized spacial score (nSPS) is 14.8. The van der Waals surface area contributed by atoms with E-state index >= 15 is 0 Å². The van der Waals surface area contributed by atoms with E-state index < -0.39 is 29.5 Å². The van der Waals surface area contributed by atoms with Crippen molar-refractivity contribution in [1.82, 2.24) is 10.4 Å². The van der Waals surface area contributed by atoms with Crippen LogP contribution < -0.4 is 11.3 Å². The second kappa shape index (κ2) is 4.49. The Morgan fingerprint density at radius 1 is 1.18 bits per heavy atom. The minimum Gasteiger partial charge on any atom is -0.271 e. The van der Waals surface area contributed by atoms with E-state index in [1.165, 1.54) is 5.43 Å². The number of aromatic nitrogens is 1. The Morgan fingerprint density at radius 2 is 1.76 bits per heavy atom. The highest BCUT2D eigenvalue weighted by atomic mass is 19.4. The first-order chi connectivity index (χ1) is 7.68. The van der Waals surface area contributed by atoms with Gasteiger partial charge in [-0.1, -0.05) is 0 Å². The van der Waals surface area contributed by atoms with E-state index in [9.17, 15) is 26.3 Å². The van der Waals surface area contributed by atoms with Gasteiger partial charge in [0.15, 0.2) is 0 Å². The van der Waals surface area contributed by atoms with E-state index in [4.69, 9.17) is 0 Å². The van der Waals surface area contributed by atoms with Gasteiger partial charge >= 0.3 is 12.4 Å². The van der Waals surface area contributed by atoms with Gasteiger partial charge in [-0.25, -0.2) is 5.43 Å². The second-order valence-electron chi connectivity index (χ2n) is 3.10. The van der Waals surface area contributed by atoms with Crippen LogP contribution in [0.5, 0.6) is 0 Å². The van der Waals surface area contributed by atoms with Crippen LogP contribution in [0.3, 0.4) is 0 Å². The molecule has 96 valence electrons. The Labute approximate surface area is 91.6 Å². The molecule has 1 aromatic rings. The van der Waals surface area contributed by atoms with E-state index in [1.54, 1.807) is 0 Å². The van der Waals surface area contributed by atoms with Crippen LogP contribution in [0.15, 0.2) is 18.5 Å². The van der Waals surface area contributed by atoms with Gasteiger partial charge in [0.25, 0.3) is 0 Å². The average molecular weight is 259 g/mol. The van der Waals surface area contributed by atoms with Crippen molar-refractivity contribution >= 4 is 0 Å². The number of pyridine rings is 1. The molecule has 0 aliphatic carbocycles. The lowest BCUT2D eigenvalue weighted by Crippen LogP contribution is -2.39. The maximum absolute atomic E-state index is 12.5. The summed E-state index contributed by atoms with van der Waals surface area (Å²) >= 11 is 0. The molecule has 1 rings (SSSR count). The largest absolute Gasteiger partial charge is 0.416 e. The summed E-state index contributed by atoms with van der Waals surface area (Å²) in [7, 11) is 0. The minimum absolute atomic E-state index is 0.464. The molecule has 17 heavy (non-hydrogen) atoms. The molecule has 0 aromatic carbocycles. The van der Waals surface area contributed by atoms with Gasteiger partial charge in [0.05, 0.1) is 5.56 Å². The number of halogens is 6. The SMILES string of the molecule is NNC(c1cnccc1C(F)(F)F)C(F)(F)F. The lowest BCUT2D eigenvalue weighted by Gasteiger charge is -2.22. The highest BCUT2D eigenvalue weighted by Crippen LogP contribution is 2.39.